The number of anilines is 1. The molecule has 1 fully saturated rings. The van der Waals surface area contributed by atoms with Gasteiger partial charge < -0.3 is 10.1 Å². The Labute approximate surface area is 210 Å². The molecule has 36 heavy (non-hydrogen) atoms. The molecule has 3 aromatic carbocycles. The number of thioether (sulfide) groups is 1. The van der Waals surface area contributed by atoms with Crippen molar-refractivity contribution < 1.29 is 24.0 Å². The number of imide groups is 1. The summed E-state index contributed by atoms with van der Waals surface area (Å²) in [6.07, 6.45) is 1.55. The topological polar surface area (TPSA) is 119 Å². The lowest BCUT2D eigenvalue weighted by Crippen LogP contribution is -2.27. The van der Waals surface area contributed by atoms with Crippen LogP contribution in [0, 0.1) is 17.0 Å². The van der Waals surface area contributed by atoms with Gasteiger partial charge in [-0.15, -0.1) is 0 Å². The first-order valence-corrected chi connectivity index (χ1v) is 11.7. The second kappa shape index (κ2) is 10.9. The number of hydrogen-bond acceptors (Lipinski definition) is 7. The fourth-order valence-corrected chi connectivity index (χ4v) is 4.30. The highest BCUT2D eigenvalue weighted by molar-refractivity contribution is 8.18. The predicted molar refractivity (Wildman–Crippen MR) is 136 cm³/mol. The van der Waals surface area contributed by atoms with Crippen LogP contribution < -0.4 is 10.1 Å². The molecule has 10 heteroatoms. The number of para-hydroxylation sites is 1. The lowest BCUT2D eigenvalue weighted by atomic mass is 10.1. The smallest absolute Gasteiger partial charge is 0.293 e. The molecule has 1 aliphatic heterocycles. The van der Waals surface area contributed by atoms with Crippen molar-refractivity contribution in [2.45, 2.75) is 13.5 Å². The van der Waals surface area contributed by atoms with E-state index in [9.17, 15) is 24.5 Å². The number of amides is 3. The van der Waals surface area contributed by atoms with Gasteiger partial charge in [-0.1, -0.05) is 48.0 Å². The molecule has 0 spiro atoms. The largest absolute Gasteiger partial charge is 0.484 e. The van der Waals surface area contributed by atoms with Crippen molar-refractivity contribution in [3.8, 4) is 5.75 Å². The lowest BCUT2D eigenvalue weighted by Gasteiger charge is -2.12. The number of hydrogen-bond donors (Lipinski definition) is 1. The molecule has 182 valence electrons. The van der Waals surface area contributed by atoms with Crippen LogP contribution in [0.2, 0.25) is 0 Å². The van der Waals surface area contributed by atoms with Gasteiger partial charge in [0.05, 0.1) is 16.4 Å². The van der Waals surface area contributed by atoms with Crippen molar-refractivity contribution in [1.29, 1.82) is 0 Å². The van der Waals surface area contributed by atoms with Crippen LogP contribution in [0.5, 0.6) is 5.75 Å². The van der Waals surface area contributed by atoms with Crippen molar-refractivity contribution >= 4 is 46.3 Å². The second-order valence-electron chi connectivity index (χ2n) is 7.93. The Morgan fingerprint density at radius 2 is 1.83 bits per heavy atom. The standard InChI is InChI=1S/C26H21N3O6S/c1-17-9-11-20(12-10-17)27-24(30)16-35-21-7-4-5-18(13-21)14-23-25(31)28(26(32)36-23)15-19-6-2-3-8-22(19)29(33)34/h2-14H,15-16H2,1H3,(H,27,30)/b23-14-. The highest BCUT2D eigenvalue weighted by Gasteiger charge is 2.36. The average Bonchev–Trinajstić information content (AvgIpc) is 3.12. The fraction of sp³-hybridized carbons (Fsp3) is 0.115. The monoisotopic (exact) mass is 503 g/mol. The highest BCUT2D eigenvalue weighted by Crippen LogP contribution is 2.34. The molecule has 3 amide bonds. The van der Waals surface area contributed by atoms with Gasteiger partial charge in [0, 0.05) is 17.3 Å². The van der Waals surface area contributed by atoms with Crippen LogP contribution in [0.1, 0.15) is 16.7 Å². The van der Waals surface area contributed by atoms with Gasteiger partial charge in [-0.2, -0.15) is 0 Å². The summed E-state index contributed by atoms with van der Waals surface area (Å²) >= 11 is 0.760. The Kier molecular flexibility index (Phi) is 7.45. The number of nitrogens with one attached hydrogen (secondary N) is 1. The molecule has 9 nitrogen and oxygen atoms in total. The summed E-state index contributed by atoms with van der Waals surface area (Å²) in [5, 5.41) is 13.5. The summed E-state index contributed by atoms with van der Waals surface area (Å²) in [5.74, 6) is -0.436. The molecule has 4 rings (SSSR count). The van der Waals surface area contributed by atoms with E-state index in [2.05, 4.69) is 5.32 Å². The number of aryl methyl sites for hydroxylation is 1. The van der Waals surface area contributed by atoms with E-state index in [1.165, 1.54) is 18.2 Å². The summed E-state index contributed by atoms with van der Waals surface area (Å²) in [6, 6.07) is 20.1. The fourth-order valence-electron chi connectivity index (χ4n) is 3.46. The minimum Gasteiger partial charge on any atom is -0.484 e. The SMILES string of the molecule is Cc1ccc(NC(=O)COc2cccc(/C=C3\SC(=O)N(Cc4ccccc4[N+](=O)[O-])C3=O)c2)cc1. The number of nitro groups is 1. The molecule has 1 saturated heterocycles. The molecule has 0 saturated carbocycles. The number of nitro benzene ring substituents is 1. The Balaban J connectivity index is 1.41. The van der Waals surface area contributed by atoms with E-state index >= 15 is 0 Å². The van der Waals surface area contributed by atoms with Gasteiger partial charge in [-0.25, -0.2) is 0 Å². The number of carbonyl (C=O) groups excluding carboxylic acids is 3. The summed E-state index contributed by atoms with van der Waals surface area (Å²) in [7, 11) is 0. The van der Waals surface area contributed by atoms with Gasteiger partial charge >= 0.3 is 0 Å². The zero-order chi connectivity index (χ0) is 25.7. The molecule has 1 aliphatic rings. The number of benzene rings is 3. The number of ether oxygens (including phenoxy) is 1. The molecule has 3 aromatic rings. The molecule has 0 unspecified atom stereocenters. The van der Waals surface area contributed by atoms with E-state index in [1.807, 2.05) is 19.1 Å². The van der Waals surface area contributed by atoms with Crippen molar-refractivity contribution in [2.75, 3.05) is 11.9 Å². The zero-order valence-electron chi connectivity index (χ0n) is 19.2. The van der Waals surface area contributed by atoms with Gasteiger partial charge in [0.15, 0.2) is 6.61 Å². The third kappa shape index (κ3) is 5.97. The molecular weight excluding hydrogens is 482 g/mol. The van der Waals surface area contributed by atoms with Crippen molar-refractivity contribution in [3.63, 3.8) is 0 Å². The van der Waals surface area contributed by atoms with E-state index in [0.29, 0.717) is 17.0 Å². The van der Waals surface area contributed by atoms with E-state index < -0.39 is 16.1 Å². The van der Waals surface area contributed by atoms with Gasteiger partial charge in [0.2, 0.25) is 0 Å². The number of nitrogens with zero attached hydrogens (tertiary/aromatic N) is 2. The van der Waals surface area contributed by atoms with Crippen LogP contribution in [0.25, 0.3) is 6.08 Å². The van der Waals surface area contributed by atoms with E-state index in [-0.39, 0.29) is 35.2 Å². The highest BCUT2D eigenvalue weighted by atomic mass is 32.2. The van der Waals surface area contributed by atoms with Crippen LogP contribution >= 0.6 is 11.8 Å². The average molecular weight is 504 g/mol. The summed E-state index contributed by atoms with van der Waals surface area (Å²) < 4.78 is 5.58. The molecular formula is C26H21N3O6S. The minimum atomic E-state index is -0.545. The summed E-state index contributed by atoms with van der Waals surface area (Å²) in [5.41, 5.74) is 2.46. The van der Waals surface area contributed by atoms with E-state index in [1.54, 1.807) is 48.5 Å². The Hall–Kier alpha value is -4.44. The maximum Gasteiger partial charge on any atom is 0.293 e. The summed E-state index contributed by atoms with van der Waals surface area (Å²) in [6.45, 7) is 1.56. The maximum atomic E-state index is 12.9. The van der Waals surface area contributed by atoms with E-state index in [0.717, 1.165) is 22.2 Å². The maximum absolute atomic E-state index is 12.9. The zero-order valence-corrected chi connectivity index (χ0v) is 20.0. The number of rotatable bonds is 8. The van der Waals surface area contributed by atoms with Crippen molar-refractivity contribution in [2.24, 2.45) is 0 Å². The Morgan fingerprint density at radius 3 is 2.58 bits per heavy atom. The van der Waals surface area contributed by atoms with Crippen LogP contribution in [-0.2, 0) is 16.1 Å². The molecule has 0 atom stereocenters. The Bertz CT molecular complexity index is 1370. The third-order valence-corrected chi connectivity index (χ3v) is 6.16. The van der Waals surface area contributed by atoms with Gasteiger partial charge in [0.25, 0.3) is 22.7 Å². The molecule has 1 heterocycles. The van der Waals surface area contributed by atoms with Crippen molar-refractivity contribution in [3.05, 3.63) is 105 Å². The molecule has 0 radical (unpaired) electrons. The summed E-state index contributed by atoms with van der Waals surface area (Å²) in [4.78, 5) is 49.4. The Morgan fingerprint density at radius 1 is 1.08 bits per heavy atom. The normalized spacial score (nSPS) is 14.2. The third-order valence-electron chi connectivity index (χ3n) is 5.25. The first-order valence-electron chi connectivity index (χ1n) is 10.9. The first-order chi connectivity index (χ1) is 17.3. The molecule has 1 N–H and O–H groups in total. The molecule has 0 aromatic heterocycles. The van der Waals surface area contributed by atoms with Gasteiger partial charge in [-0.3, -0.25) is 29.4 Å². The quantitative estimate of drug-likeness (QED) is 0.256. The second-order valence-corrected chi connectivity index (χ2v) is 8.92. The molecule has 0 aliphatic carbocycles. The minimum absolute atomic E-state index is 0.156. The van der Waals surface area contributed by atoms with Crippen molar-refractivity contribution in [1.82, 2.24) is 4.90 Å². The first kappa shape index (κ1) is 24.7. The lowest BCUT2D eigenvalue weighted by molar-refractivity contribution is -0.385. The van der Waals surface area contributed by atoms with Gasteiger partial charge in [0.1, 0.15) is 5.75 Å². The van der Waals surface area contributed by atoms with Crippen LogP contribution in [-0.4, -0.2) is 33.5 Å². The van der Waals surface area contributed by atoms with Crippen LogP contribution in [0.3, 0.4) is 0 Å². The van der Waals surface area contributed by atoms with Gasteiger partial charge in [-0.05, 0) is 54.6 Å². The molecule has 0 bridgehead atoms. The van der Waals surface area contributed by atoms with Crippen LogP contribution in [0.15, 0.2) is 77.7 Å². The number of carbonyl (C=O) groups is 3. The van der Waals surface area contributed by atoms with Crippen LogP contribution in [0.4, 0.5) is 16.2 Å². The predicted octanol–water partition coefficient (Wildman–Crippen LogP) is 5.16. The van der Waals surface area contributed by atoms with E-state index in [4.69, 9.17) is 4.74 Å².